The molecule has 0 heterocycles. The number of hydrogen-bond donors (Lipinski definition) is 2. The number of hydrogen-bond acceptors (Lipinski definition) is 2. The fraction of sp³-hybridized carbons (Fsp3) is 0.538. The van der Waals surface area contributed by atoms with Crippen molar-refractivity contribution in [1.29, 1.82) is 0 Å². The van der Waals surface area contributed by atoms with Crippen molar-refractivity contribution in [3.05, 3.63) is 33.3 Å². The highest BCUT2D eigenvalue weighted by Gasteiger charge is 2.25. The van der Waals surface area contributed by atoms with E-state index >= 15 is 0 Å². The van der Waals surface area contributed by atoms with E-state index in [-0.39, 0.29) is 0 Å². The summed E-state index contributed by atoms with van der Waals surface area (Å²) in [5.74, 6) is 0.418. The number of benzene rings is 1. The zero-order valence-corrected chi connectivity index (χ0v) is 12.0. The van der Waals surface area contributed by atoms with Gasteiger partial charge in [-0.15, -0.1) is 0 Å². The summed E-state index contributed by atoms with van der Waals surface area (Å²) in [5.41, 5.74) is 1.21. The molecule has 17 heavy (non-hydrogen) atoms. The zero-order chi connectivity index (χ0) is 12.3. The largest absolute Gasteiger partial charge is 0.396 e. The Morgan fingerprint density at radius 2 is 2.24 bits per heavy atom. The van der Waals surface area contributed by atoms with Crippen LogP contribution in [0.3, 0.4) is 0 Å². The van der Waals surface area contributed by atoms with Gasteiger partial charge in [-0.3, -0.25) is 0 Å². The molecule has 1 saturated carbocycles. The van der Waals surface area contributed by atoms with E-state index in [4.69, 9.17) is 11.6 Å². The molecule has 1 aliphatic rings. The van der Waals surface area contributed by atoms with Crippen molar-refractivity contribution in [2.75, 3.05) is 6.61 Å². The van der Waals surface area contributed by atoms with Crippen molar-refractivity contribution in [2.45, 2.75) is 31.8 Å². The zero-order valence-electron chi connectivity index (χ0n) is 9.63. The van der Waals surface area contributed by atoms with Gasteiger partial charge in [0.2, 0.25) is 0 Å². The average Bonchev–Trinajstić information content (AvgIpc) is 2.75. The summed E-state index contributed by atoms with van der Waals surface area (Å²) in [4.78, 5) is 0. The number of aliphatic hydroxyl groups excluding tert-OH is 1. The Morgan fingerprint density at radius 3 is 2.94 bits per heavy atom. The Kier molecular flexibility index (Phi) is 4.86. The van der Waals surface area contributed by atoms with Gasteiger partial charge in [-0.25, -0.2) is 0 Å². The van der Waals surface area contributed by atoms with Gasteiger partial charge in [-0.2, -0.15) is 0 Å². The predicted molar refractivity (Wildman–Crippen MR) is 74.2 cm³/mol. The van der Waals surface area contributed by atoms with Crippen LogP contribution in [0.2, 0.25) is 5.02 Å². The average molecular weight is 319 g/mol. The molecule has 1 fully saturated rings. The highest BCUT2D eigenvalue weighted by atomic mass is 79.9. The van der Waals surface area contributed by atoms with Crippen LogP contribution < -0.4 is 5.32 Å². The molecular formula is C13H17BrClNO. The van der Waals surface area contributed by atoms with Crippen molar-refractivity contribution in [2.24, 2.45) is 5.92 Å². The molecule has 2 nitrogen and oxygen atoms in total. The van der Waals surface area contributed by atoms with E-state index in [1.54, 1.807) is 0 Å². The van der Waals surface area contributed by atoms with Crippen LogP contribution in [0.4, 0.5) is 0 Å². The smallest absolute Gasteiger partial charge is 0.0474 e. The molecule has 94 valence electrons. The molecule has 2 N–H and O–H groups in total. The molecule has 2 unspecified atom stereocenters. The van der Waals surface area contributed by atoms with Gasteiger partial charge < -0.3 is 10.4 Å². The van der Waals surface area contributed by atoms with Crippen molar-refractivity contribution >= 4 is 27.5 Å². The van der Waals surface area contributed by atoms with Crippen LogP contribution in [0.5, 0.6) is 0 Å². The molecule has 1 aliphatic carbocycles. The maximum Gasteiger partial charge on any atom is 0.0474 e. The molecule has 0 bridgehead atoms. The first-order valence-corrected chi connectivity index (χ1v) is 7.16. The van der Waals surface area contributed by atoms with E-state index in [0.717, 1.165) is 28.9 Å². The van der Waals surface area contributed by atoms with Crippen molar-refractivity contribution in [1.82, 2.24) is 5.32 Å². The molecule has 0 spiro atoms. The van der Waals surface area contributed by atoms with E-state index in [9.17, 15) is 5.11 Å². The summed E-state index contributed by atoms with van der Waals surface area (Å²) < 4.78 is 1.04. The highest BCUT2D eigenvalue weighted by Crippen LogP contribution is 2.26. The molecule has 0 radical (unpaired) electrons. The summed E-state index contributed by atoms with van der Waals surface area (Å²) in [6.07, 6.45) is 3.51. The van der Waals surface area contributed by atoms with Crippen LogP contribution in [-0.4, -0.2) is 17.8 Å². The van der Waals surface area contributed by atoms with Crippen LogP contribution in [-0.2, 0) is 6.54 Å². The van der Waals surface area contributed by atoms with Gasteiger partial charge in [-0.05, 0) is 36.5 Å². The molecule has 0 aliphatic heterocycles. The summed E-state index contributed by atoms with van der Waals surface area (Å²) in [6, 6.07) is 6.29. The van der Waals surface area contributed by atoms with Crippen molar-refractivity contribution < 1.29 is 5.11 Å². The van der Waals surface area contributed by atoms with E-state index in [1.165, 1.54) is 12.0 Å². The Morgan fingerprint density at radius 1 is 1.41 bits per heavy atom. The minimum Gasteiger partial charge on any atom is -0.396 e. The topological polar surface area (TPSA) is 32.3 Å². The second kappa shape index (κ2) is 6.19. The fourth-order valence-corrected chi connectivity index (χ4v) is 3.25. The molecule has 2 rings (SSSR count). The van der Waals surface area contributed by atoms with Crippen LogP contribution in [0, 0.1) is 5.92 Å². The summed E-state index contributed by atoms with van der Waals surface area (Å²) in [7, 11) is 0. The Balaban J connectivity index is 1.93. The second-order valence-electron chi connectivity index (χ2n) is 4.60. The lowest BCUT2D eigenvalue weighted by molar-refractivity contribution is 0.205. The molecule has 0 aromatic heterocycles. The number of rotatable bonds is 4. The van der Waals surface area contributed by atoms with E-state index < -0.39 is 0 Å². The highest BCUT2D eigenvalue weighted by molar-refractivity contribution is 9.10. The Labute approximate surface area is 115 Å². The van der Waals surface area contributed by atoms with E-state index in [2.05, 4.69) is 21.2 Å². The second-order valence-corrected chi connectivity index (χ2v) is 5.89. The van der Waals surface area contributed by atoms with Crippen LogP contribution >= 0.6 is 27.5 Å². The summed E-state index contributed by atoms with van der Waals surface area (Å²) in [6.45, 7) is 1.11. The number of aliphatic hydroxyl groups is 1. The van der Waals surface area contributed by atoms with Gasteiger partial charge in [0.25, 0.3) is 0 Å². The van der Waals surface area contributed by atoms with Crippen LogP contribution in [0.1, 0.15) is 24.8 Å². The third-order valence-electron chi connectivity index (χ3n) is 3.46. The first kappa shape index (κ1) is 13.3. The van der Waals surface area contributed by atoms with Crippen molar-refractivity contribution in [3.8, 4) is 0 Å². The van der Waals surface area contributed by atoms with E-state index in [0.29, 0.717) is 18.6 Å². The monoisotopic (exact) mass is 317 g/mol. The first-order valence-electron chi connectivity index (χ1n) is 5.99. The molecular weight excluding hydrogens is 302 g/mol. The molecule has 2 atom stereocenters. The van der Waals surface area contributed by atoms with Gasteiger partial charge in [0.1, 0.15) is 0 Å². The van der Waals surface area contributed by atoms with Gasteiger partial charge in [0.15, 0.2) is 0 Å². The lowest BCUT2D eigenvalue weighted by Gasteiger charge is -2.19. The molecule has 0 saturated heterocycles. The third-order valence-corrected chi connectivity index (χ3v) is 4.44. The summed E-state index contributed by atoms with van der Waals surface area (Å²) in [5, 5.41) is 13.5. The number of halogens is 2. The SMILES string of the molecule is OCC1CCCC1NCc1ccc(Cl)cc1Br. The predicted octanol–water partition coefficient (Wildman–Crippen LogP) is 3.35. The Bertz CT molecular complexity index is 386. The molecule has 0 amide bonds. The minimum atomic E-state index is 0.291. The van der Waals surface area contributed by atoms with Gasteiger partial charge in [0.05, 0.1) is 0 Å². The standard InChI is InChI=1S/C13H17BrClNO/c14-12-6-11(15)5-4-9(12)7-16-13-3-1-2-10(13)8-17/h4-6,10,13,16-17H,1-3,7-8H2. The lowest BCUT2D eigenvalue weighted by atomic mass is 10.0. The van der Waals surface area contributed by atoms with Crippen LogP contribution in [0.25, 0.3) is 0 Å². The quantitative estimate of drug-likeness (QED) is 0.892. The van der Waals surface area contributed by atoms with Gasteiger partial charge in [-0.1, -0.05) is 40.0 Å². The lowest BCUT2D eigenvalue weighted by Crippen LogP contribution is -2.33. The normalized spacial score (nSPS) is 24.2. The number of nitrogens with one attached hydrogen (secondary N) is 1. The third kappa shape index (κ3) is 3.44. The molecule has 1 aromatic carbocycles. The Hall–Kier alpha value is -0.0900. The molecule has 1 aromatic rings. The molecule has 4 heteroatoms. The van der Waals surface area contributed by atoms with Crippen LogP contribution in [0.15, 0.2) is 22.7 Å². The fourth-order valence-electron chi connectivity index (χ4n) is 2.43. The maximum atomic E-state index is 9.26. The summed E-state index contributed by atoms with van der Waals surface area (Å²) >= 11 is 9.42. The van der Waals surface area contributed by atoms with Gasteiger partial charge >= 0.3 is 0 Å². The first-order chi connectivity index (χ1) is 8.20. The van der Waals surface area contributed by atoms with E-state index in [1.807, 2.05) is 18.2 Å². The maximum absolute atomic E-state index is 9.26. The van der Waals surface area contributed by atoms with Gasteiger partial charge in [0, 0.05) is 28.7 Å². The van der Waals surface area contributed by atoms with Crippen molar-refractivity contribution in [3.63, 3.8) is 0 Å². The minimum absolute atomic E-state index is 0.291.